The van der Waals surface area contributed by atoms with Gasteiger partial charge in [0.25, 0.3) is 5.91 Å². The van der Waals surface area contributed by atoms with Crippen molar-refractivity contribution in [3.63, 3.8) is 0 Å². The first-order valence-electron chi connectivity index (χ1n) is 8.45. The van der Waals surface area contributed by atoms with Crippen molar-refractivity contribution >= 4 is 5.91 Å². The van der Waals surface area contributed by atoms with E-state index in [-0.39, 0.29) is 17.9 Å². The Balaban J connectivity index is 1.72. The fourth-order valence-corrected chi connectivity index (χ4v) is 3.41. The van der Waals surface area contributed by atoms with E-state index >= 15 is 0 Å². The molecule has 1 aromatic carbocycles. The molecule has 6 heteroatoms. The second kappa shape index (κ2) is 7.13. The molecule has 1 aliphatic rings. The summed E-state index contributed by atoms with van der Waals surface area (Å²) in [5.74, 6) is 0.179. The number of rotatable bonds is 4. The third-order valence-corrected chi connectivity index (χ3v) is 4.85. The number of carbonyl (C=O) groups is 1. The zero-order chi connectivity index (χ0) is 17.1. The van der Waals surface area contributed by atoms with E-state index in [1.165, 1.54) is 6.33 Å². The number of aromatic nitrogens is 3. The molecule has 2 unspecified atom stereocenters. The molecular weight excluding hydrogens is 304 g/mol. The number of hydrogen-bond donors (Lipinski definition) is 1. The Morgan fingerprint density at radius 1 is 1.38 bits per heavy atom. The van der Waals surface area contributed by atoms with Gasteiger partial charge in [-0.15, -0.1) is 0 Å². The molecule has 6 nitrogen and oxygen atoms in total. The molecule has 0 bridgehead atoms. The molecule has 128 valence electrons. The lowest BCUT2D eigenvalue weighted by Crippen LogP contribution is -2.38. The summed E-state index contributed by atoms with van der Waals surface area (Å²) in [6, 6.07) is 5.64. The van der Waals surface area contributed by atoms with Crippen LogP contribution in [0.25, 0.3) is 5.69 Å². The topological polar surface area (TPSA) is 71.2 Å². The molecule has 3 rings (SSSR count). The number of aliphatic hydroxyl groups excluding tert-OH is 1. The normalized spacial score (nSPS) is 20.8. The Hall–Kier alpha value is -2.21. The van der Waals surface area contributed by atoms with E-state index in [2.05, 4.69) is 10.1 Å². The van der Waals surface area contributed by atoms with Gasteiger partial charge < -0.3 is 10.0 Å². The largest absolute Gasteiger partial charge is 0.393 e. The Kier molecular flexibility index (Phi) is 4.94. The van der Waals surface area contributed by atoms with Gasteiger partial charge in [-0.25, -0.2) is 9.67 Å². The second-order valence-electron chi connectivity index (χ2n) is 6.64. The predicted molar refractivity (Wildman–Crippen MR) is 91.0 cm³/mol. The van der Waals surface area contributed by atoms with Crippen LogP contribution in [-0.4, -0.2) is 50.4 Å². The van der Waals surface area contributed by atoms with E-state index < -0.39 is 0 Å². The summed E-state index contributed by atoms with van der Waals surface area (Å²) in [7, 11) is 1.81. The van der Waals surface area contributed by atoms with Crippen molar-refractivity contribution in [1.29, 1.82) is 0 Å². The van der Waals surface area contributed by atoms with Crippen LogP contribution in [0.5, 0.6) is 0 Å². The summed E-state index contributed by atoms with van der Waals surface area (Å²) < 4.78 is 1.67. The van der Waals surface area contributed by atoms with Crippen LogP contribution in [0.4, 0.5) is 0 Å². The maximum atomic E-state index is 12.8. The van der Waals surface area contributed by atoms with Gasteiger partial charge in [0, 0.05) is 25.1 Å². The van der Waals surface area contributed by atoms with Crippen molar-refractivity contribution in [3.8, 4) is 5.69 Å². The number of benzene rings is 1. The van der Waals surface area contributed by atoms with Crippen LogP contribution < -0.4 is 0 Å². The van der Waals surface area contributed by atoms with E-state index in [4.69, 9.17) is 0 Å². The van der Waals surface area contributed by atoms with Crippen LogP contribution in [0.1, 0.15) is 41.6 Å². The van der Waals surface area contributed by atoms with Crippen LogP contribution >= 0.6 is 0 Å². The lowest BCUT2D eigenvalue weighted by molar-refractivity contribution is 0.0451. The van der Waals surface area contributed by atoms with Gasteiger partial charge in [0.2, 0.25) is 0 Å². The molecule has 1 amide bonds. The van der Waals surface area contributed by atoms with Crippen LogP contribution in [0, 0.1) is 12.8 Å². The zero-order valence-corrected chi connectivity index (χ0v) is 14.2. The molecule has 24 heavy (non-hydrogen) atoms. The first-order chi connectivity index (χ1) is 11.6. The minimum atomic E-state index is -0.287. The van der Waals surface area contributed by atoms with Gasteiger partial charge in [0.05, 0.1) is 11.8 Å². The Labute approximate surface area is 142 Å². The van der Waals surface area contributed by atoms with Crippen LogP contribution in [-0.2, 0) is 0 Å². The lowest BCUT2D eigenvalue weighted by Gasteiger charge is -2.31. The molecular formula is C18H24N4O2. The SMILES string of the molecule is Cc1cc(-n2cncn2)ccc1C(=O)N(C)CC1CCCCC1O. The van der Waals surface area contributed by atoms with Crippen LogP contribution in [0.2, 0.25) is 0 Å². The van der Waals surface area contributed by atoms with Crippen molar-refractivity contribution in [3.05, 3.63) is 42.0 Å². The maximum Gasteiger partial charge on any atom is 0.253 e. The molecule has 1 aliphatic carbocycles. The fourth-order valence-electron chi connectivity index (χ4n) is 3.41. The molecule has 2 aromatic rings. The van der Waals surface area contributed by atoms with Gasteiger partial charge in [-0.1, -0.05) is 12.8 Å². The third kappa shape index (κ3) is 3.48. The van der Waals surface area contributed by atoms with Gasteiger partial charge in [-0.2, -0.15) is 5.10 Å². The molecule has 1 aromatic heterocycles. The van der Waals surface area contributed by atoms with Gasteiger partial charge in [-0.3, -0.25) is 4.79 Å². The van der Waals surface area contributed by atoms with Gasteiger partial charge in [0.15, 0.2) is 0 Å². The van der Waals surface area contributed by atoms with Crippen molar-refractivity contribution in [1.82, 2.24) is 19.7 Å². The molecule has 0 spiro atoms. The minimum absolute atomic E-state index is 0.00425. The predicted octanol–water partition coefficient (Wildman–Crippen LogP) is 2.20. The van der Waals surface area contributed by atoms with Crippen molar-refractivity contribution < 1.29 is 9.90 Å². The molecule has 0 radical (unpaired) electrons. The molecule has 2 atom stereocenters. The molecule has 1 heterocycles. The van der Waals surface area contributed by atoms with E-state index in [1.54, 1.807) is 15.9 Å². The minimum Gasteiger partial charge on any atom is -0.393 e. The summed E-state index contributed by atoms with van der Waals surface area (Å²) in [5.41, 5.74) is 2.47. The lowest BCUT2D eigenvalue weighted by atomic mass is 9.86. The maximum absolute atomic E-state index is 12.8. The van der Waals surface area contributed by atoms with E-state index in [0.29, 0.717) is 12.1 Å². The summed E-state index contributed by atoms with van der Waals surface area (Å²) >= 11 is 0. The highest BCUT2D eigenvalue weighted by Gasteiger charge is 2.26. The van der Waals surface area contributed by atoms with Crippen molar-refractivity contribution in [2.45, 2.75) is 38.7 Å². The summed E-state index contributed by atoms with van der Waals surface area (Å²) in [6.45, 7) is 2.53. The molecule has 1 fully saturated rings. The first kappa shape index (κ1) is 16.6. The standard InChI is InChI=1S/C18H24N4O2/c1-13-9-15(22-12-19-11-20-22)7-8-16(13)18(24)21(2)10-14-5-3-4-6-17(14)23/h7-9,11-12,14,17,23H,3-6,10H2,1-2H3. The number of aryl methyl sites for hydroxylation is 1. The monoisotopic (exact) mass is 328 g/mol. The fraction of sp³-hybridized carbons (Fsp3) is 0.500. The number of carbonyl (C=O) groups excluding carboxylic acids is 1. The average molecular weight is 328 g/mol. The second-order valence-corrected chi connectivity index (χ2v) is 6.64. The van der Waals surface area contributed by atoms with Gasteiger partial charge in [-0.05, 0) is 43.5 Å². The van der Waals surface area contributed by atoms with E-state index in [9.17, 15) is 9.90 Å². The number of nitrogens with zero attached hydrogens (tertiary/aromatic N) is 4. The highest BCUT2D eigenvalue weighted by molar-refractivity contribution is 5.95. The number of hydrogen-bond acceptors (Lipinski definition) is 4. The quantitative estimate of drug-likeness (QED) is 0.934. The van der Waals surface area contributed by atoms with Crippen LogP contribution in [0.3, 0.4) is 0 Å². The number of aliphatic hydroxyl groups is 1. The Morgan fingerprint density at radius 3 is 2.83 bits per heavy atom. The molecule has 1 N–H and O–H groups in total. The summed E-state index contributed by atoms with van der Waals surface area (Å²) in [6.07, 6.45) is 6.88. The third-order valence-electron chi connectivity index (χ3n) is 4.85. The highest BCUT2D eigenvalue weighted by atomic mass is 16.3. The summed E-state index contributed by atoms with van der Waals surface area (Å²) in [4.78, 5) is 18.4. The molecule has 0 saturated heterocycles. The van der Waals surface area contributed by atoms with Crippen molar-refractivity contribution in [2.24, 2.45) is 5.92 Å². The average Bonchev–Trinajstić information content (AvgIpc) is 3.11. The Morgan fingerprint density at radius 2 is 2.17 bits per heavy atom. The van der Waals surface area contributed by atoms with Crippen molar-refractivity contribution in [2.75, 3.05) is 13.6 Å². The van der Waals surface area contributed by atoms with Gasteiger partial charge in [0.1, 0.15) is 12.7 Å². The highest BCUT2D eigenvalue weighted by Crippen LogP contribution is 2.25. The molecule has 1 saturated carbocycles. The van der Waals surface area contributed by atoms with Gasteiger partial charge >= 0.3 is 0 Å². The van der Waals surface area contributed by atoms with E-state index in [0.717, 1.165) is 36.9 Å². The first-order valence-corrected chi connectivity index (χ1v) is 8.45. The summed E-state index contributed by atoms with van der Waals surface area (Å²) in [5, 5.41) is 14.2. The van der Waals surface area contributed by atoms with Crippen LogP contribution in [0.15, 0.2) is 30.9 Å². The molecule has 0 aliphatic heterocycles. The smallest absolute Gasteiger partial charge is 0.253 e. The number of amides is 1. The van der Waals surface area contributed by atoms with E-state index in [1.807, 2.05) is 32.2 Å². The Bertz CT molecular complexity index is 699. The zero-order valence-electron chi connectivity index (χ0n) is 14.2.